The van der Waals surface area contributed by atoms with Crippen LogP contribution in [0.4, 0.5) is 8.78 Å². The lowest BCUT2D eigenvalue weighted by Gasteiger charge is -2.11. The van der Waals surface area contributed by atoms with E-state index in [4.69, 9.17) is 16.0 Å². The number of fused-ring (bicyclic) bond motifs is 3. The quantitative estimate of drug-likeness (QED) is 0.695. The van der Waals surface area contributed by atoms with Gasteiger partial charge in [-0.15, -0.1) is 0 Å². The normalized spacial score (nSPS) is 14.5. The van der Waals surface area contributed by atoms with E-state index in [1.807, 2.05) is 0 Å². The summed E-state index contributed by atoms with van der Waals surface area (Å²) < 4.78 is 60.5. The van der Waals surface area contributed by atoms with Crippen molar-refractivity contribution >= 4 is 32.4 Å². The van der Waals surface area contributed by atoms with Crippen molar-refractivity contribution in [3.05, 3.63) is 52.7 Å². The fourth-order valence-electron chi connectivity index (χ4n) is 3.13. The molecule has 0 spiro atoms. The smallest absolute Gasteiger partial charge is 0.387 e. The van der Waals surface area contributed by atoms with Gasteiger partial charge in [-0.3, -0.25) is 0 Å². The summed E-state index contributed by atoms with van der Waals surface area (Å²) in [7, 11) is -3.89. The van der Waals surface area contributed by atoms with E-state index < -0.39 is 16.4 Å². The van der Waals surface area contributed by atoms with Gasteiger partial charge in [0, 0.05) is 30.5 Å². The number of rotatable bonds is 4. The maximum atomic E-state index is 13.0. The number of nitrogens with one attached hydrogen (secondary N) is 1. The van der Waals surface area contributed by atoms with Crippen LogP contribution in [-0.4, -0.2) is 21.6 Å². The largest absolute Gasteiger partial charge is 0.459 e. The molecule has 0 bridgehead atoms. The molecule has 0 radical (unpaired) electrons. The van der Waals surface area contributed by atoms with Crippen LogP contribution in [0.1, 0.15) is 11.3 Å². The van der Waals surface area contributed by atoms with Crippen molar-refractivity contribution in [3.8, 4) is 5.75 Å². The molecule has 2 aromatic carbocycles. The number of furan rings is 1. The van der Waals surface area contributed by atoms with Crippen LogP contribution in [0.15, 0.2) is 50.6 Å². The second-order valence-corrected chi connectivity index (χ2v) is 8.42. The van der Waals surface area contributed by atoms with Crippen LogP contribution < -0.4 is 10.1 Å². The van der Waals surface area contributed by atoms with Crippen LogP contribution in [0.25, 0.3) is 11.0 Å². The number of halogens is 3. The molecule has 2 heterocycles. The van der Waals surface area contributed by atoms with Crippen LogP contribution in [0.3, 0.4) is 0 Å². The number of hydrogen-bond donors (Lipinski definition) is 1. The summed E-state index contributed by atoms with van der Waals surface area (Å²) in [5.74, 6) is 0.682. The monoisotopic (exact) mass is 413 g/mol. The van der Waals surface area contributed by atoms with Gasteiger partial charge in [-0.25, -0.2) is 8.42 Å². The molecule has 1 aromatic heterocycles. The van der Waals surface area contributed by atoms with Crippen LogP contribution in [0.2, 0.25) is 5.02 Å². The Balaban J connectivity index is 1.78. The topological polar surface area (TPSA) is 68.5 Å². The first-order valence-electron chi connectivity index (χ1n) is 8.11. The highest BCUT2D eigenvalue weighted by Gasteiger charge is 2.24. The fraction of sp³-hybridized carbons (Fsp3) is 0.222. The second kappa shape index (κ2) is 6.78. The van der Waals surface area contributed by atoms with Gasteiger partial charge < -0.3 is 14.5 Å². The first-order valence-corrected chi connectivity index (χ1v) is 9.97. The molecule has 1 N–H and O–H groups in total. The van der Waals surface area contributed by atoms with Crippen LogP contribution in [0.5, 0.6) is 5.75 Å². The Morgan fingerprint density at radius 2 is 1.89 bits per heavy atom. The lowest BCUT2D eigenvalue weighted by atomic mass is 10.1. The SMILES string of the molecule is O=S(=O)(c1ccc(OC(F)F)cc1)c1cc(Cl)c2oc3c(c2c1)CNCC3. The molecule has 0 saturated carbocycles. The summed E-state index contributed by atoms with van der Waals surface area (Å²) in [6.07, 6.45) is 0.702. The highest BCUT2D eigenvalue weighted by atomic mass is 35.5. The molecule has 0 saturated heterocycles. The molecule has 5 nitrogen and oxygen atoms in total. The first-order chi connectivity index (χ1) is 12.9. The number of benzene rings is 2. The van der Waals surface area contributed by atoms with Gasteiger partial charge in [0.15, 0.2) is 5.58 Å². The average molecular weight is 414 g/mol. The maximum Gasteiger partial charge on any atom is 0.387 e. The van der Waals surface area contributed by atoms with Gasteiger partial charge in [-0.1, -0.05) is 11.6 Å². The van der Waals surface area contributed by atoms with E-state index in [9.17, 15) is 17.2 Å². The molecule has 0 aliphatic carbocycles. The van der Waals surface area contributed by atoms with Crippen molar-refractivity contribution in [3.63, 3.8) is 0 Å². The van der Waals surface area contributed by atoms with Gasteiger partial charge in [-0.2, -0.15) is 8.78 Å². The molecule has 4 rings (SSSR count). The molecule has 1 aliphatic heterocycles. The highest BCUT2D eigenvalue weighted by molar-refractivity contribution is 7.91. The fourth-order valence-corrected chi connectivity index (χ4v) is 4.77. The Morgan fingerprint density at radius 3 is 2.59 bits per heavy atom. The highest BCUT2D eigenvalue weighted by Crippen LogP contribution is 2.36. The van der Waals surface area contributed by atoms with Crippen LogP contribution in [-0.2, 0) is 22.8 Å². The zero-order valence-corrected chi connectivity index (χ0v) is 15.4. The molecular formula is C18H14ClF2NO4S. The maximum absolute atomic E-state index is 13.0. The van der Waals surface area contributed by atoms with Gasteiger partial charge in [0.05, 0.1) is 14.8 Å². The van der Waals surface area contributed by atoms with E-state index in [1.165, 1.54) is 36.4 Å². The van der Waals surface area contributed by atoms with Crippen molar-refractivity contribution in [2.24, 2.45) is 0 Å². The lowest BCUT2D eigenvalue weighted by molar-refractivity contribution is -0.0498. The molecule has 9 heteroatoms. The average Bonchev–Trinajstić information content (AvgIpc) is 3.01. The number of alkyl halides is 2. The first kappa shape index (κ1) is 18.2. The molecule has 0 amide bonds. The molecule has 0 unspecified atom stereocenters. The van der Waals surface area contributed by atoms with E-state index in [1.54, 1.807) is 0 Å². The zero-order chi connectivity index (χ0) is 19.2. The third kappa shape index (κ3) is 3.28. The minimum Gasteiger partial charge on any atom is -0.459 e. The molecule has 1 aliphatic rings. The Labute approximate surface area is 158 Å². The van der Waals surface area contributed by atoms with Crippen molar-refractivity contribution in [2.75, 3.05) is 6.54 Å². The minimum absolute atomic E-state index is 0.0108. The number of hydrogen-bond acceptors (Lipinski definition) is 5. The summed E-state index contributed by atoms with van der Waals surface area (Å²) in [6.45, 7) is -1.63. The third-order valence-electron chi connectivity index (χ3n) is 4.40. The van der Waals surface area contributed by atoms with E-state index in [2.05, 4.69) is 10.1 Å². The van der Waals surface area contributed by atoms with E-state index in [0.29, 0.717) is 23.9 Å². The Morgan fingerprint density at radius 1 is 1.15 bits per heavy atom. The predicted octanol–water partition coefficient (Wildman–Crippen LogP) is 4.17. The third-order valence-corrected chi connectivity index (χ3v) is 6.43. The number of ether oxygens (including phenoxy) is 1. The molecule has 0 fully saturated rings. The van der Waals surface area contributed by atoms with Gasteiger partial charge in [0.25, 0.3) is 0 Å². The Bertz CT molecular complexity index is 1110. The lowest BCUT2D eigenvalue weighted by Crippen LogP contribution is -2.22. The van der Waals surface area contributed by atoms with Crippen molar-refractivity contribution in [1.29, 1.82) is 0 Å². The van der Waals surface area contributed by atoms with Crippen molar-refractivity contribution < 1.29 is 26.4 Å². The molecule has 27 heavy (non-hydrogen) atoms. The molecular weight excluding hydrogens is 400 g/mol. The van der Waals surface area contributed by atoms with Crippen molar-refractivity contribution in [2.45, 2.75) is 29.4 Å². The van der Waals surface area contributed by atoms with Gasteiger partial charge in [0.2, 0.25) is 9.84 Å². The summed E-state index contributed by atoms with van der Waals surface area (Å²) in [5, 5.41) is 4.08. The summed E-state index contributed by atoms with van der Waals surface area (Å²) in [4.78, 5) is -0.0354. The van der Waals surface area contributed by atoms with Gasteiger partial charge in [0.1, 0.15) is 11.5 Å². The van der Waals surface area contributed by atoms with E-state index in [0.717, 1.165) is 17.9 Å². The zero-order valence-electron chi connectivity index (χ0n) is 13.8. The number of sulfone groups is 1. The van der Waals surface area contributed by atoms with Crippen LogP contribution in [0, 0.1) is 0 Å². The van der Waals surface area contributed by atoms with E-state index in [-0.39, 0.29) is 20.6 Å². The minimum atomic E-state index is -3.89. The standard InChI is InChI=1S/C18H14ClF2NO4S/c19-15-8-12(7-13-14-9-22-6-5-16(14)26-17(13)15)27(23,24)11-3-1-10(2-4-11)25-18(20)21/h1-4,7-8,18,22H,5-6,9H2. The summed E-state index contributed by atoms with van der Waals surface area (Å²) >= 11 is 6.28. The second-order valence-electron chi connectivity index (χ2n) is 6.07. The molecule has 0 atom stereocenters. The molecule has 3 aromatic rings. The van der Waals surface area contributed by atoms with Crippen molar-refractivity contribution in [1.82, 2.24) is 5.32 Å². The summed E-state index contributed by atoms with van der Waals surface area (Å²) in [5.41, 5.74) is 1.36. The van der Waals surface area contributed by atoms with Gasteiger partial charge >= 0.3 is 6.61 Å². The Kier molecular flexibility index (Phi) is 4.57. The Hall–Kier alpha value is -2.16. The van der Waals surface area contributed by atoms with E-state index >= 15 is 0 Å². The van der Waals surface area contributed by atoms with Gasteiger partial charge in [-0.05, 0) is 36.4 Å². The summed E-state index contributed by atoms with van der Waals surface area (Å²) in [6, 6.07) is 7.68. The van der Waals surface area contributed by atoms with Crippen LogP contribution >= 0.6 is 11.6 Å². The molecule has 142 valence electrons. The predicted molar refractivity (Wildman–Crippen MR) is 95.2 cm³/mol.